The van der Waals surface area contributed by atoms with Crippen molar-refractivity contribution in [1.82, 2.24) is 10.0 Å². The summed E-state index contributed by atoms with van der Waals surface area (Å²) in [4.78, 5) is 11.9. The van der Waals surface area contributed by atoms with E-state index in [0.29, 0.717) is 18.1 Å². The second-order valence-electron chi connectivity index (χ2n) is 5.64. The number of nitrogens with one attached hydrogen (secondary N) is 2. The van der Waals surface area contributed by atoms with Crippen molar-refractivity contribution in [2.24, 2.45) is 0 Å². The normalized spacial score (nSPS) is 11.0. The maximum atomic E-state index is 12.0. The lowest BCUT2D eigenvalue weighted by atomic mass is 10.2. The van der Waals surface area contributed by atoms with Crippen LogP contribution in [0.1, 0.15) is 12.5 Å². The average Bonchev–Trinajstić information content (AvgIpc) is 2.67. The van der Waals surface area contributed by atoms with Crippen LogP contribution in [0.25, 0.3) is 0 Å². The largest absolute Gasteiger partial charge is 0.490 e. The molecule has 27 heavy (non-hydrogen) atoms. The first kappa shape index (κ1) is 20.7. The number of benzene rings is 2. The van der Waals surface area contributed by atoms with Crippen LogP contribution in [0.5, 0.6) is 11.5 Å². The highest BCUT2D eigenvalue weighted by Gasteiger charge is 2.12. The molecule has 0 aromatic heterocycles. The van der Waals surface area contributed by atoms with Crippen molar-refractivity contribution in [2.45, 2.75) is 13.5 Å². The first-order valence-corrected chi connectivity index (χ1v) is 10.3. The van der Waals surface area contributed by atoms with Gasteiger partial charge in [0.15, 0.2) is 18.1 Å². The summed E-state index contributed by atoms with van der Waals surface area (Å²) in [5, 5.41) is 2.53. The number of rotatable bonds is 11. The summed E-state index contributed by atoms with van der Waals surface area (Å²) in [7, 11) is -3.48. The lowest BCUT2D eigenvalue weighted by Crippen LogP contribution is -2.36. The van der Waals surface area contributed by atoms with Gasteiger partial charge in [0.25, 0.3) is 5.91 Å². The number of sulfonamides is 1. The molecule has 0 radical (unpaired) electrons. The Kier molecular flexibility index (Phi) is 8.09. The minimum absolute atomic E-state index is 0.000572. The lowest BCUT2D eigenvalue weighted by molar-refractivity contribution is -0.122. The van der Waals surface area contributed by atoms with Gasteiger partial charge in [-0.3, -0.25) is 4.79 Å². The van der Waals surface area contributed by atoms with Crippen LogP contribution in [-0.2, 0) is 21.4 Å². The van der Waals surface area contributed by atoms with Crippen LogP contribution in [0, 0.1) is 0 Å². The van der Waals surface area contributed by atoms with Gasteiger partial charge in [0.05, 0.1) is 12.4 Å². The van der Waals surface area contributed by atoms with Crippen LogP contribution in [0.3, 0.4) is 0 Å². The Bertz CT molecular complexity index is 825. The van der Waals surface area contributed by atoms with E-state index in [-0.39, 0.29) is 25.4 Å². The molecule has 2 rings (SSSR count). The number of carbonyl (C=O) groups excluding carboxylic acids is 1. The van der Waals surface area contributed by atoms with E-state index in [0.717, 1.165) is 5.56 Å². The van der Waals surface area contributed by atoms with E-state index in [1.54, 1.807) is 18.2 Å². The third-order valence-corrected chi connectivity index (χ3v) is 4.87. The summed E-state index contributed by atoms with van der Waals surface area (Å²) >= 11 is 0. The molecular weight excluding hydrogens is 368 g/mol. The van der Waals surface area contributed by atoms with Gasteiger partial charge in [-0.1, -0.05) is 42.5 Å². The van der Waals surface area contributed by atoms with Crippen molar-refractivity contribution < 1.29 is 22.7 Å². The van der Waals surface area contributed by atoms with E-state index in [4.69, 9.17) is 9.47 Å². The molecular formula is C19H24N2O5S. The van der Waals surface area contributed by atoms with Crippen LogP contribution in [0.15, 0.2) is 54.6 Å². The van der Waals surface area contributed by atoms with Crippen molar-refractivity contribution >= 4 is 15.9 Å². The summed E-state index contributed by atoms with van der Waals surface area (Å²) in [6, 6.07) is 16.3. The van der Waals surface area contributed by atoms with E-state index in [9.17, 15) is 13.2 Å². The summed E-state index contributed by atoms with van der Waals surface area (Å²) in [6.07, 6.45) is 0. The van der Waals surface area contributed by atoms with E-state index in [1.165, 1.54) is 0 Å². The van der Waals surface area contributed by atoms with Gasteiger partial charge in [-0.2, -0.15) is 0 Å². The standard InChI is InChI=1S/C19H24N2O5S/c1-2-25-17-10-6-7-11-18(17)26-15-19(22)20-12-13-27(23,24)21-14-16-8-4-3-5-9-16/h3-11,21H,2,12-15H2,1H3,(H,20,22). The molecule has 7 nitrogen and oxygen atoms in total. The molecule has 0 bridgehead atoms. The molecule has 0 spiro atoms. The smallest absolute Gasteiger partial charge is 0.257 e. The fourth-order valence-electron chi connectivity index (χ4n) is 2.22. The molecule has 0 heterocycles. The zero-order valence-corrected chi connectivity index (χ0v) is 16.0. The molecule has 0 aliphatic rings. The van der Waals surface area contributed by atoms with Gasteiger partial charge >= 0.3 is 0 Å². The van der Waals surface area contributed by atoms with Crippen LogP contribution in [-0.4, -0.2) is 39.8 Å². The highest BCUT2D eigenvalue weighted by Crippen LogP contribution is 2.26. The van der Waals surface area contributed by atoms with Gasteiger partial charge in [-0.25, -0.2) is 13.1 Å². The highest BCUT2D eigenvalue weighted by molar-refractivity contribution is 7.89. The molecule has 0 atom stereocenters. The van der Waals surface area contributed by atoms with Crippen LogP contribution >= 0.6 is 0 Å². The second-order valence-corrected chi connectivity index (χ2v) is 7.57. The highest BCUT2D eigenvalue weighted by atomic mass is 32.2. The Balaban J connectivity index is 1.71. The molecule has 0 aliphatic heterocycles. The molecule has 0 unspecified atom stereocenters. The van der Waals surface area contributed by atoms with Gasteiger partial charge in [0.1, 0.15) is 0 Å². The molecule has 2 aromatic rings. The predicted molar refractivity (Wildman–Crippen MR) is 103 cm³/mol. The number of ether oxygens (including phenoxy) is 2. The van der Waals surface area contributed by atoms with E-state index >= 15 is 0 Å². The summed E-state index contributed by atoms with van der Waals surface area (Å²) in [5.74, 6) is 0.410. The van der Waals surface area contributed by atoms with Crippen molar-refractivity contribution in [3.05, 3.63) is 60.2 Å². The Hall–Kier alpha value is -2.58. The third-order valence-electron chi connectivity index (χ3n) is 3.54. The third kappa shape index (κ3) is 7.67. The van der Waals surface area contributed by atoms with Gasteiger partial charge in [-0.15, -0.1) is 0 Å². The molecule has 1 amide bonds. The quantitative estimate of drug-likeness (QED) is 0.607. The van der Waals surface area contributed by atoms with Crippen LogP contribution < -0.4 is 19.5 Å². The Morgan fingerprint density at radius 1 is 0.963 bits per heavy atom. The summed E-state index contributed by atoms with van der Waals surface area (Å²) < 4.78 is 37.3. The fourth-order valence-corrected chi connectivity index (χ4v) is 3.13. The molecule has 0 saturated heterocycles. The van der Waals surface area contributed by atoms with Crippen molar-refractivity contribution in [2.75, 3.05) is 25.5 Å². The summed E-state index contributed by atoms with van der Waals surface area (Å²) in [5.41, 5.74) is 0.867. The summed E-state index contributed by atoms with van der Waals surface area (Å²) in [6.45, 7) is 2.34. The lowest BCUT2D eigenvalue weighted by Gasteiger charge is -2.12. The van der Waals surface area contributed by atoms with Crippen molar-refractivity contribution in [3.8, 4) is 11.5 Å². The predicted octanol–water partition coefficient (Wildman–Crippen LogP) is 1.70. The fraction of sp³-hybridized carbons (Fsp3) is 0.316. The van der Waals surface area contributed by atoms with Gasteiger partial charge in [0.2, 0.25) is 10.0 Å². The molecule has 0 fully saturated rings. The van der Waals surface area contributed by atoms with E-state index < -0.39 is 15.9 Å². The average molecular weight is 392 g/mol. The van der Waals surface area contributed by atoms with Gasteiger partial charge < -0.3 is 14.8 Å². The number of amides is 1. The van der Waals surface area contributed by atoms with Gasteiger partial charge in [-0.05, 0) is 24.6 Å². The molecule has 0 aliphatic carbocycles. The Morgan fingerprint density at radius 3 is 2.26 bits per heavy atom. The number of para-hydroxylation sites is 2. The molecule has 2 N–H and O–H groups in total. The Morgan fingerprint density at radius 2 is 1.59 bits per heavy atom. The SMILES string of the molecule is CCOc1ccccc1OCC(=O)NCCS(=O)(=O)NCc1ccccc1. The van der Waals surface area contributed by atoms with Gasteiger partial charge in [0, 0.05) is 13.1 Å². The van der Waals surface area contributed by atoms with E-state index in [2.05, 4.69) is 10.0 Å². The Labute approximate surface area is 159 Å². The number of carbonyl (C=O) groups is 1. The zero-order valence-electron chi connectivity index (χ0n) is 15.2. The second kappa shape index (κ2) is 10.5. The monoisotopic (exact) mass is 392 g/mol. The van der Waals surface area contributed by atoms with Crippen LogP contribution in [0.4, 0.5) is 0 Å². The van der Waals surface area contributed by atoms with E-state index in [1.807, 2.05) is 43.3 Å². The molecule has 8 heteroatoms. The first-order chi connectivity index (χ1) is 13.0. The number of hydrogen-bond donors (Lipinski definition) is 2. The van der Waals surface area contributed by atoms with Crippen molar-refractivity contribution in [1.29, 1.82) is 0 Å². The minimum Gasteiger partial charge on any atom is -0.490 e. The molecule has 146 valence electrons. The topological polar surface area (TPSA) is 93.7 Å². The maximum Gasteiger partial charge on any atom is 0.257 e. The molecule has 2 aromatic carbocycles. The first-order valence-electron chi connectivity index (χ1n) is 8.63. The number of hydrogen-bond acceptors (Lipinski definition) is 5. The molecule has 0 saturated carbocycles. The van der Waals surface area contributed by atoms with Crippen LogP contribution in [0.2, 0.25) is 0 Å². The maximum absolute atomic E-state index is 12.0. The minimum atomic E-state index is -3.48. The zero-order chi connectivity index (χ0) is 19.5. The van der Waals surface area contributed by atoms with Crippen molar-refractivity contribution in [3.63, 3.8) is 0 Å².